The van der Waals surface area contributed by atoms with Gasteiger partial charge in [0, 0.05) is 34.0 Å². The number of carbonyl (C=O) groups excluding carboxylic acids is 2. The van der Waals surface area contributed by atoms with Crippen LogP contribution in [0.1, 0.15) is 29.8 Å². The van der Waals surface area contributed by atoms with E-state index in [2.05, 4.69) is 27.0 Å². The third-order valence-electron chi connectivity index (χ3n) is 5.65. The number of likely N-dealkylation sites (N-methyl/N-ethyl adjacent to an activating group) is 1. The molecule has 27 heavy (non-hydrogen) atoms. The molecule has 3 heterocycles. The minimum absolute atomic E-state index is 0.101. The second-order valence-corrected chi connectivity index (χ2v) is 7.83. The maximum absolute atomic E-state index is 13.1. The number of fused-ring (bicyclic) bond motifs is 4. The lowest BCUT2D eigenvalue weighted by molar-refractivity contribution is -0.128. The molecule has 0 radical (unpaired) electrons. The molecule has 6 heteroatoms. The van der Waals surface area contributed by atoms with Gasteiger partial charge in [-0.1, -0.05) is 52.3 Å². The second kappa shape index (κ2) is 5.96. The number of aromatic nitrogens is 1. The van der Waals surface area contributed by atoms with E-state index in [9.17, 15) is 9.59 Å². The number of hydrogen-bond acceptors (Lipinski definition) is 2. The van der Waals surface area contributed by atoms with E-state index in [1.807, 2.05) is 49.4 Å². The van der Waals surface area contributed by atoms with Crippen molar-refractivity contribution in [2.24, 2.45) is 0 Å². The van der Waals surface area contributed by atoms with Gasteiger partial charge in [-0.3, -0.25) is 14.6 Å². The van der Waals surface area contributed by atoms with Gasteiger partial charge in [-0.05, 0) is 30.2 Å². The number of H-pyrrole nitrogens is 1. The second-order valence-electron chi connectivity index (χ2n) is 6.98. The van der Waals surface area contributed by atoms with Gasteiger partial charge < -0.3 is 4.98 Å². The van der Waals surface area contributed by atoms with Crippen LogP contribution in [0.2, 0.25) is 0 Å². The van der Waals surface area contributed by atoms with Gasteiger partial charge in [0.15, 0.2) is 0 Å². The fourth-order valence-electron chi connectivity index (χ4n) is 4.44. The molecule has 3 amide bonds. The Kier molecular flexibility index (Phi) is 3.65. The molecule has 5 nitrogen and oxygen atoms in total. The molecule has 1 saturated heterocycles. The molecule has 0 bridgehead atoms. The van der Waals surface area contributed by atoms with Crippen LogP contribution in [-0.2, 0) is 11.2 Å². The summed E-state index contributed by atoms with van der Waals surface area (Å²) in [5.74, 6) is -0.101. The van der Waals surface area contributed by atoms with Crippen LogP contribution in [0.4, 0.5) is 4.79 Å². The number of imide groups is 1. The van der Waals surface area contributed by atoms with Crippen molar-refractivity contribution in [3.05, 3.63) is 69.8 Å². The Bertz CT molecular complexity index is 1090. The number of nitrogens with one attached hydrogen (secondary N) is 1. The number of rotatable bonds is 2. The van der Waals surface area contributed by atoms with Gasteiger partial charge in [0.1, 0.15) is 12.1 Å². The van der Waals surface area contributed by atoms with Gasteiger partial charge in [-0.15, -0.1) is 0 Å². The first-order valence-electron chi connectivity index (χ1n) is 9.09. The lowest BCUT2D eigenvalue weighted by Gasteiger charge is -2.36. The summed E-state index contributed by atoms with van der Waals surface area (Å²) in [5.41, 5.74) is 4.15. The molecule has 1 fully saturated rings. The summed E-state index contributed by atoms with van der Waals surface area (Å²) >= 11 is 3.64. The Balaban J connectivity index is 1.79. The normalized spacial score (nSPS) is 21.7. The molecule has 0 aliphatic carbocycles. The van der Waals surface area contributed by atoms with Gasteiger partial charge in [0.25, 0.3) is 5.91 Å². The Morgan fingerprint density at radius 1 is 1.11 bits per heavy atom. The maximum Gasteiger partial charge on any atom is 0.328 e. The zero-order valence-corrected chi connectivity index (χ0v) is 16.4. The van der Waals surface area contributed by atoms with E-state index in [4.69, 9.17) is 0 Å². The highest BCUT2D eigenvalue weighted by Gasteiger charge is 2.52. The highest BCUT2D eigenvalue weighted by Crippen LogP contribution is 2.45. The zero-order valence-electron chi connectivity index (χ0n) is 14.8. The van der Waals surface area contributed by atoms with Crippen LogP contribution in [0.5, 0.6) is 0 Å². The third kappa shape index (κ3) is 2.22. The first-order chi connectivity index (χ1) is 13.1. The Hall–Kier alpha value is -2.60. The Morgan fingerprint density at radius 3 is 2.63 bits per heavy atom. The average molecular weight is 424 g/mol. The number of nitrogens with zero attached hydrogens (tertiary/aromatic N) is 2. The number of amides is 3. The highest BCUT2D eigenvalue weighted by atomic mass is 79.9. The molecular weight excluding hydrogens is 406 g/mol. The van der Waals surface area contributed by atoms with Gasteiger partial charge in [-0.2, -0.15) is 0 Å². The van der Waals surface area contributed by atoms with E-state index in [0.29, 0.717) is 13.0 Å². The van der Waals surface area contributed by atoms with E-state index in [0.717, 1.165) is 32.2 Å². The van der Waals surface area contributed by atoms with Crippen molar-refractivity contribution in [3.8, 4) is 0 Å². The number of carbonyl (C=O) groups is 2. The fraction of sp³-hybridized carbons (Fsp3) is 0.238. The van der Waals surface area contributed by atoms with Gasteiger partial charge in [0.2, 0.25) is 0 Å². The monoisotopic (exact) mass is 423 g/mol. The summed E-state index contributed by atoms with van der Waals surface area (Å²) in [6.45, 7) is 2.23. The number of para-hydroxylation sites is 1. The predicted octanol–water partition coefficient (Wildman–Crippen LogP) is 4.23. The topological polar surface area (TPSA) is 56.4 Å². The number of halogens is 1. The SMILES string of the molecule is CCN1C(=O)[C@@H]2Cc3c([nH]c4ccccc34)[C@@H](c3ccccc3Br)N2C1=O. The van der Waals surface area contributed by atoms with E-state index in [1.165, 1.54) is 4.90 Å². The van der Waals surface area contributed by atoms with Crippen molar-refractivity contribution in [1.82, 2.24) is 14.8 Å². The minimum atomic E-state index is -0.457. The van der Waals surface area contributed by atoms with E-state index < -0.39 is 6.04 Å². The summed E-state index contributed by atoms with van der Waals surface area (Å²) < 4.78 is 0.926. The molecular formula is C21H18BrN3O2. The molecule has 0 unspecified atom stereocenters. The number of urea groups is 1. The molecule has 2 atom stereocenters. The quantitative estimate of drug-likeness (QED) is 0.627. The summed E-state index contributed by atoms with van der Waals surface area (Å²) in [4.78, 5) is 32.7. The average Bonchev–Trinajstić information content (AvgIpc) is 3.16. The standard InChI is InChI=1S/C21H18BrN3O2/c1-2-24-20(26)17-11-14-12-7-4-6-10-16(12)23-18(14)19(25(17)21(24)27)13-8-3-5-9-15(13)22/h3-10,17,19,23H,2,11H2,1H3/t17-,19+/m0/s1. The lowest BCUT2D eigenvalue weighted by Crippen LogP contribution is -2.44. The molecule has 2 aliphatic heterocycles. The van der Waals surface area contributed by atoms with Gasteiger partial charge in [0.05, 0.1) is 0 Å². The van der Waals surface area contributed by atoms with Crippen molar-refractivity contribution in [3.63, 3.8) is 0 Å². The molecule has 1 N–H and O–H groups in total. The van der Waals surface area contributed by atoms with E-state index in [1.54, 1.807) is 4.90 Å². The van der Waals surface area contributed by atoms with Crippen LogP contribution in [0, 0.1) is 0 Å². The van der Waals surface area contributed by atoms with Gasteiger partial charge >= 0.3 is 6.03 Å². The van der Waals surface area contributed by atoms with Crippen LogP contribution >= 0.6 is 15.9 Å². The Labute approximate surface area is 165 Å². The van der Waals surface area contributed by atoms with E-state index >= 15 is 0 Å². The van der Waals surface area contributed by atoms with Gasteiger partial charge in [-0.25, -0.2) is 4.79 Å². The lowest BCUT2D eigenvalue weighted by atomic mass is 9.89. The highest BCUT2D eigenvalue weighted by molar-refractivity contribution is 9.10. The summed E-state index contributed by atoms with van der Waals surface area (Å²) in [6.07, 6.45) is 0.543. The fourth-order valence-corrected chi connectivity index (χ4v) is 4.94. The number of aromatic amines is 1. The zero-order chi connectivity index (χ0) is 18.7. The molecule has 0 saturated carbocycles. The third-order valence-corrected chi connectivity index (χ3v) is 6.37. The molecule has 0 spiro atoms. The van der Waals surface area contributed by atoms with Crippen LogP contribution in [0.15, 0.2) is 53.0 Å². The first-order valence-corrected chi connectivity index (χ1v) is 9.88. The van der Waals surface area contributed by atoms with Crippen LogP contribution in [-0.4, -0.2) is 39.3 Å². The predicted molar refractivity (Wildman–Crippen MR) is 106 cm³/mol. The Morgan fingerprint density at radius 2 is 1.85 bits per heavy atom. The van der Waals surface area contributed by atoms with Crippen molar-refractivity contribution in [1.29, 1.82) is 0 Å². The van der Waals surface area contributed by atoms with Crippen LogP contribution < -0.4 is 0 Å². The van der Waals surface area contributed by atoms with E-state index in [-0.39, 0.29) is 18.0 Å². The minimum Gasteiger partial charge on any atom is -0.356 e. The van der Waals surface area contributed by atoms with Crippen molar-refractivity contribution in [2.75, 3.05) is 6.54 Å². The number of benzene rings is 2. The summed E-state index contributed by atoms with van der Waals surface area (Å²) in [6, 6.07) is 15.0. The van der Waals surface area contributed by atoms with Crippen LogP contribution in [0.25, 0.3) is 10.9 Å². The van der Waals surface area contributed by atoms with Crippen LogP contribution in [0.3, 0.4) is 0 Å². The maximum atomic E-state index is 13.1. The molecule has 136 valence electrons. The summed E-state index contributed by atoms with van der Waals surface area (Å²) in [5, 5.41) is 1.12. The van der Waals surface area contributed by atoms with Crippen molar-refractivity contribution >= 4 is 38.8 Å². The molecule has 2 aromatic carbocycles. The smallest absolute Gasteiger partial charge is 0.328 e. The summed E-state index contributed by atoms with van der Waals surface area (Å²) in [7, 11) is 0. The molecule has 2 aliphatic rings. The molecule has 1 aromatic heterocycles. The number of hydrogen-bond donors (Lipinski definition) is 1. The molecule has 5 rings (SSSR count). The molecule has 3 aromatic rings. The largest absolute Gasteiger partial charge is 0.356 e. The van der Waals surface area contributed by atoms with Crippen molar-refractivity contribution in [2.45, 2.75) is 25.4 Å². The van der Waals surface area contributed by atoms with Crippen molar-refractivity contribution < 1.29 is 9.59 Å². The first kappa shape index (κ1) is 16.6.